The number of benzene rings is 1. The highest BCUT2D eigenvalue weighted by atomic mass is 16.2. The standard InChI is InChI=1S/C13H17N3O2/c14-11(9-4-2-1-3-5-9)13(18)16-7-6-10(8-16)12(15)17/h1-5,10-11H,6-8,14H2,(H2,15,17)/t10?,11-/m0/s1. The molecule has 2 amide bonds. The molecule has 5 heteroatoms. The monoisotopic (exact) mass is 247 g/mol. The fraction of sp³-hybridized carbons (Fsp3) is 0.385. The molecular weight excluding hydrogens is 230 g/mol. The maximum absolute atomic E-state index is 12.2. The van der Waals surface area contributed by atoms with Gasteiger partial charge in [-0.2, -0.15) is 0 Å². The first kappa shape index (κ1) is 12.6. The lowest BCUT2D eigenvalue weighted by Crippen LogP contribution is -2.38. The van der Waals surface area contributed by atoms with Crippen molar-refractivity contribution in [1.82, 2.24) is 4.90 Å². The summed E-state index contributed by atoms with van der Waals surface area (Å²) in [6.07, 6.45) is 0.628. The smallest absolute Gasteiger partial charge is 0.244 e. The quantitative estimate of drug-likeness (QED) is 0.789. The first-order valence-electron chi connectivity index (χ1n) is 5.98. The number of hydrogen-bond acceptors (Lipinski definition) is 3. The molecule has 18 heavy (non-hydrogen) atoms. The number of nitrogens with two attached hydrogens (primary N) is 2. The van der Waals surface area contributed by atoms with Crippen molar-refractivity contribution < 1.29 is 9.59 Å². The highest BCUT2D eigenvalue weighted by Gasteiger charge is 2.32. The second-order valence-corrected chi connectivity index (χ2v) is 4.56. The largest absolute Gasteiger partial charge is 0.369 e. The second-order valence-electron chi connectivity index (χ2n) is 4.56. The zero-order valence-corrected chi connectivity index (χ0v) is 10.1. The Morgan fingerprint density at radius 3 is 2.50 bits per heavy atom. The van der Waals surface area contributed by atoms with Crippen LogP contribution in [0.4, 0.5) is 0 Å². The van der Waals surface area contributed by atoms with Crippen molar-refractivity contribution in [3.05, 3.63) is 35.9 Å². The number of hydrogen-bond donors (Lipinski definition) is 2. The molecule has 1 aliphatic rings. The van der Waals surface area contributed by atoms with Crippen molar-refractivity contribution >= 4 is 11.8 Å². The molecule has 1 unspecified atom stereocenters. The van der Waals surface area contributed by atoms with Crippen LogP contribution in [0, 0.1) is 5.92 Å². The summed E-state index contributed by atoms with van der Waals surface area (Å²) in [5, 5.41) is 0. The number of carbonyl (C=O) groups is 2. The van der Waals surface area contributed by atoms with Gasteiger partial charge < -0.3 is 16.4 Å². The predicted molar refractivity (Wildman–Crippen MR) is 67.3 cm³/mol. The summed E-state index contributed by atoms with van der Waals surface area (Å²) in [7, 11) is 0. The molecule has 1 aromatic carbocycles. The van der Waals surface area contributed by atoms with Gasteiger partial charge in [-0.05, 0) is 12.0 Å². The van der Waals surface area contributed by atoms with E-state index in [1.165, 1.54) is 0 Å². The summed E-state index contributed by atoms with van der Waals surface area (Å²) in [5.41, 5.74) is 12.0. The number of nitrogens with zero attached hydrogens (tertiary/aromatic N) is 1. The SMILES string of the molecule is NC(=O)C1CCN(C(=O)[C@@H](N)c2ccccc2)C1. The molecule has 1 saturated heterocycles. The van der Waals surface area contributed by atoms with Crippen LogP contribution in [0.25, 0.3) is 0 Å². The minimum absolute atomic E-state index is 0.148. The average Bonchev–Trinajstić information content (AvgIpc) is 2.88. The van der Waals surface area contributed by atoms with Crippen molar-refractivity contribution in [2.75, 3.05) is 13.1 Å². The Morgan fingerprint density at radius 2 is 1.94 bits per heavy atom. The van der Waals surface area contributed by atoms with Crippen LogP contribution < -0.4 is 11.5 Å². The molecular formula is C13H17N3O2. The van der Waals surface area contributed by atoms with Gasteiger partial charge in [0.25, 0.3) is 0 Å². The van der Waals surface area contributed by atoms with Crippen LogP contribution in [0.1, 0.15) is 18.0 Å². The predicted octanol–water partition coefficient (Wildman–Crippen LogP) is 0.0202. The molecule has 1 fully saturated rings. The summed E-state index contributed by atoms with van der Waals surface area (Å²) in [4.78, 5) is 24.8. The zero-order valence-electron chi connectivity index (χ0n) is 10.1. The Balaban J connectivity index is 2.02. The first-order chi connectivity index (χ1) is 8.59. The van der Waals surface area contributed by atoms with Crippen molar-refractivity contribution in [2.45, 2.75) is 12.5 Å². The van der Waals surface area contributed by atoms with E-state index in [2.05, 4.69) is 0 Å². The molecule has 96 valence electrons. The summed E-state index contributed by atoms with van der Waals surface area (Å²) in [5.74, 6) is -0.736. The number of amides is 2. The van der Waals surface area contributed by atoms with Crippen LogP contribution >= 0.6 is 0 Å². The third-order valence-electron chi connectivity index (χ3n) is 3.33. The highest BCUT2D eigenvalue weighted by molar-refractivity contribution is 5.85. The van der Waals surface area contributed by atoms with Crippen LogP contribution in [0.5, 0.6) is 0 Å². The molecule has 1 aliphatic heterocycles. The molecule has 0 radical (unpaired) electrons. The van der Waals surface area contributed by atoms with Gasteiger partial charge in [0.15, 0.2) is 0 Å². The lowest BCUT2D eigenvalue weighted by molar-refractivity contribution is -0.132. The molecule has 0 saturated carbocycles. The molecule has 2 rings (SSSR count). The Labute approximate surface area is 106 Å². The van der Waals surface area contributed by atoms with Crippen molar-refractivity contribution in [3.63, 3.8) is 0 Å². The van der Waals surface area contributed by atoms with Gasteiger partial charge in [0, 0.05) is 13.1 Å². The Morgan fingerprint density at radius 1 is 1.28 bits per heavy atom. The highest BCUT2D eigenvalue weighted by Crippen LogP contribution is 2.20. The molecule has 0 aromatic heterocycles. The molecule has 0 spiro atoms. The van der Waals surface area contributed by atoms with E-state index in [-0.39, 0.29) is 17.7 Å². The van der Waals surface area contributed by atoms with E-state index in [9.17, 15) is 9.59 Å². The second kappa shape index (κ2) is 5.18. The van der Waals surface area contributed by atoms with Crippen molar-refractivity contribution in [3.8, 4) is 0 Å². The molecule has 0 aliphatic carbocycles. The summed E-state index contributed by atoms with van der Waals surface area (Å²) < 4.78 is 0. The van der Waals surface area contributed by atoms with E-state index in [0.29, 0.717) is 19.5 Å². The lowest BCUT2D eigenvalue weighted by atomic mass is 10.1. The molecule has 1 aromatic rings. The normalized spacial score (nSPS) is 20.7. The number of carbonyl (C=O) groups excluding carboxylic acids is 2. The molecule has 4 N–H and O–H groups in total. The third kappa shape index (κ3) is 2.51. The number of primary amides is 1. The van der Waals surface area contributed by atoms with Gasteiger partial charge in [-0.25, -0.2) is 0 Å². The summed E-state index contributed by atoms with van der Waals surface area (Å²) in [6.45, 7) is 0.932. The minimum Gasteiger partial charge on any atom is -0.369 e. The van der Waals surface area contributed by atoms with E-state index in [1.54, 1.807) is 4.90 Å². The minimum atomic E-state index is -0.669. The van der Waals surface area contributed by atoms with E-state index >= 15 is 0 Å². The van der Waals surface area contributed by atoms with Gasteiger partial charge in [-0.15, -0.1) is 0 Å². The van der Waals surface area contributed by atoms with Crippen LogP contribution in [0.3, 0.4) is 0 Å². The Bertz CT molecular complexity index is 447. The van der Waals surface area contributed by atoms with Gasteiger partial charge in [-0.3, -0.25) is 9.59 Å². The number of rotatable bonds is 3. The molecule has 2 atom stereocenters. The van der Waals surface area contributed by atoms with Crippen LogP contribution in [-0.2, 0) is 9.59 Å². The first-order valence-corrected chi connectivity index (χ1v) is 5.98. The van der Waals surface area contributed by atoms with Gasteiger partial charge >= 0.3 is 0 Å². The van der Waals surface area contributed by atoms with E-state index < -0.39 is 6.04 Å². The van der Waals surface area contributed by atoms with Gasteiger partial charge in [0.05, 0.1) is 5.92 Å². The molecule has 0 bridgehead atoms. The topological polar surface area (TPSA) is 89.4 Å². The Hall–Kier alpha value is -1.88. The van der Waals surface area contributed by atoms with Gasteiger partial charge in [0.1, 0.15) is 6.04 Å². The molecule has 5 nitrogen and oxygen atoms in total. The average molecular weight is 247 g/mol. The maximum Gasteiger partial charge on any atom is 0.244 e. The summed E-state index contributed by atoms with van der Waals surface area (Å²) in [6, 6.07) is 8.55. The Kier molecular flexibility index (Phi) is 3.62. The van der Waals surface area contributed by atoms with E-state index in [0.717, 1.165) is 5.56 Å². The number of likely N-dealkylation sites (tertiary alicyclic amines) is 1. The van der Waals surface area contributed by atoms with Crippen molar-refractivity contribution in [2.24, 2.45) is 17.4 Å². The third-order valence-corrected chi connectivity index (χ3v) is 3.33. The summed E-state index contributed by atoms with van der Waals surface area (Å²) >= 11 is 0. The van der Waals surface area contributed by atoms with Gasteiger partial charge in [-0.1, -0.05) is 30.3 Å². The van der Waals surface area contributed by atoms with Crippen LogP contribution in [0.15, 0.2) is 30.3 Å². The lowest BCUT2D eigenvalue weighted by Gasteiger charge is -2.20. The fourth-order valence-corrected chi connectivity index (χ4v) is 2.19. The van der Waals surface area contributed by atoms with Crippen LogP contribution in [-0.4, -0.2) is 29.8 Å². The zero-order chi connectivity index (χ0) is 13.1. The van der Waals surface area contributed by atoms with Gasteiger partial charge in [0.2, 0.25) is 11.8 Å². The van der Waals surface area contributed by atoms with E-state index in [1.807, 2.05) is 30.3 Å². The maximum atomic E-state index is 12.2. The molecule has 1 heterocycles. The van der Waals surface area contributed by atoms with Crippen molar-refractivity contribution in [1.29, 1.82) is 0 Å². The van der Waals surface area contributed by atoms with E-state index in [4.69, 9.17) is 11.5 Å². The van der Waals surface area contributed by atoms with Crippen LogP contribution in [0.2, 0.25) is 0 Å². The fourth-order valence-electron chi connectivity index (χ4n) is 2.19.